The number of nitrogens with one attached hydrogen (secondary N) is 2. The quantitative estimate of drug-likeness (QED) is 0.546. The molecule has 0 bridgehead atoms. The molecule has 2 N–H and O–H groups in total. The molecule has 8 heteroatoms. The summed E-state index contributed by atoms with van der Waals surface area (Å²) in [4.78, 5) is 27.9. The summed E-state index contributed by atoms with van der Waals surface area (Å²) in [7, 11) is 0. The zero-order valence-corrected chi connectivity index (χ0v) is 17.6. The zero-order chi connectivity index (χ0) is 20.6. The normalized spacial score (nSPS) is 11.7. The lowest BCUT2D eigenvalue weighted by atomic mass is 10.0. The number of benzene rings is 2. The maximum absolute atomic E-state index is 12.4. The predicted octanol–water partition coefficient (Wildman–Crippen LogP) is 2.97. The third-order valence-electron chi connectivity index (χ3n) is 4.36. The largest absolute Gasteiger partial charge is 0.352 e. The molecule has 2 aromatic carbocycles. The third-order valence-corrected chi connectivity index (χ3v) is 4.89. The molecule has 3 rings (SSSR count). The van der Waals surface area contributed by atoms with Crippen LogP contribution in [-0.2, 0) is 22.7 Å². The second-order valence-electron chi connectivity index (χ2n) is 6.70. The Kier molecular flexibility index (Phi) is 7.13. The van der Waals surface area contributed by atoms with Gasteiger partial charge in [-0.15, -0.1) is 0 Å². The van der Waals surface area contributed by atoms with E-state index < -0.39 is 0 Å². The van der Waals surface area contributed by atoms with Crippen LogP contribution in [0.15, 0.2) is 65.7 Å². The summed E-state index contributed by atoms with van der Waals surface area (Å²) >= 11 is 3.39. The molecule has 0 aliphatic rings. The molecular weight excluding hydrogens is 434 g/mol. The highest BCUT2D eigenvalue weighted by Crippen LogP contribution is 2.20. The molecule has 1 unspecified atom stereocenters. The molecule has 0 radical (unpaired) electrons. The Hall–Kier alpha value is -3.00. The molecule has 1 atom stereocenters. The molecule has 3 aromatic rings. The van der Waals surface area contributed by atoms with Crippen LogP contribution in [0.1, 0.15) is 36.1 Å². The van der Waals surface area contributed by atoms with Crippen LogP contribution < -0.4 is 10.6 Å². The lowest BCUT2D eigenvalue weighted by Crippen LogP contribution is -2.32. The van der Waals surface area contributed by atoms with Crippen molar-refractivity contribution < 1.29 is 9.59 Å². The topological polar surface area (TPSA) is 88.9 Å². The summed E-state index contributed by atoms with van der Waals surface area (Å²) in [6.07, 6.45) is 3.35. The molecule has 1 aromatic heterocycles. The van der Waals surface area contributed by atoms with Gasteiger partial charge in [-0.3, -0.25) is 9.59 Å². The number of hydrogen-bond donors (Lipinski definition) is 2. The molecule has 1 heterocycles. The third kappa shape index (κ3) is 6.53. The zero-order valence-electron chi connectivity index (χ0n) is 16.0. The first-order chi connectivity index (χ1) is 14.0. The van der Waals surface area contributed by atoms with E-state index in [0.717, 1.165) is 21.2 Å². The van der Waals surface area contributed by atoms with Gasteiger partial charge in [0.25, 0.3) is 0 Å². The Morgan fingerprint density at radius 1 is 1.07 bits per heavy atom. The number of nitrogens with zero attached hydrogens (tertiary/aromatic N) is 3. The van der Waals surface area contributed by atoms with Gasteiger partial charge in [0.2, 0.25) is 11.8 Å². The van der Waals surface area contributed by atoms with E-state index in [1.807, 2.05) is 48.5 Å². The summed E-state index contributed by atoms with van der Waals surface area (Å²) in [6.45, 7) is 2.53. The van der Waals surface area contributed by atoms with Gasteiger partial charge in [0.15, 0.2) is 0 Å². The van der Waals surface area contributed by atoms with Gasteiger partial charge < -0.3 is 10.6 Å². The van der Waals surface area contributed by atoms with Gasteiger partial charge in [-0.1, -0.05) is 52.3 Å². The van der Waals surface area contributed by atoms with Crippen molar-refractivity contribution >= 4 is 27.7 Å². The average molecular weight is 456 g/mol. The molecular formula is C21H22BrN5O2. The molecule has 0 fully saturated rings. The fraction of sp³-hybridized carbons (Fsp3) is 0.238. The number of amides is 2. The fourth-order valence-electron chi connectivity index (χ4n) is 2.91. The van der Waals surface area contributed by atoms with E-state index in [4.69, 9.17) is 0 Å². The summed E-state index contributed by atoms with van der Waals surface area (Å²) < 4.78 is 2.70. The van der Waals surface area contributed by atoms with Crippen LogP contribution in [0.4, 0.5) is 0 Å². The molecule has 0 saturated heterocycles. The molecule has 0 spiro atoms. The van der Waals surface area contributed by atoms with Gasteiger partial charge in [0, 0.05) is 17.9 Å². The number of carbonyl (C=O) groups is 2. The highest BCUT2D eigenvalue weighted by atomic mass is 79.9. The van der Waals surface area contributed by atoms with Crippen molar-refractivity contribution in [1.29, 1.82) is 0 Å². The fourth-order valence-corrected chi connectivity index (χ4v) is 3.18. The lowest BCUT2D eigenvalue weighted by molar-refractivity contribution is -0.122. The van der Waals surface area contributed by atoms with Crippen molar-refractivity contribution in [2.45, 2.75) is 32.5 Å². The van der Waals surface area contributed by atoms with E-state index >= 15 is 0 Å². The second kappa shape index (κ2) is 9.97. The van der Waals surface area contributed by atoms with Crippen molar-refractivity contribution in [1.82, 2.24) is 25.4 Å². The van der Waals surface area contributed by atoms with Gasteiger partial charge in [0.05, 0.1) is 19.0 Å². The number of aromatic nitrogens is 3. The van der Waals surface area contributed by atoms with Gasteiger partial charge in [0.1, 0.15) is 12.7 Å². The highest BCUT2D eigenvalue weighted by molar-refractivity contribution is 9.10. The Morgan fingerprint density at radius 2 is 1.76 bits per heavy atom. The minimum atomic E-state index is -0.370. The van der Waals surface area contributed by atoms with Gasteiger partial charge in [-0.05, 0) is 28.8 Å². The smallest absolute Gasteiger partial charge is 0.222 e. The van der Waals surface area contributed by atoms with E-state index in [-0.39, 0.29) is 24.3 Å². The monoisotopic (exact) mass is 455 g/mol. The number of rotatable bonds is 8. The summed E-state index contributed by atoms with van der Waals surface area (Å²) in [5.41, 5.74) is 2.99. The molecule has 29 heavy (non-hydrogen) atoms. The van der Waals surface area contributed by atoms with E-state index in [0.29, 0.717) is 13.1 Å². The number of hydrogen-bond acceptors (Lipinski definition) is 4. The molecule has 0 aliphatic carbocycles. The Bertz CT molecular complexity index is 940. The average Bonchev–Trinajstić information content (AvgIpc) is 3.20. The van der Waals surface area contributed by atoms with Crippen LogP contribution in [0.2, 0.25) is 0 Å². The van der Waals surface area contributed by atoms with Gasteiger partial charge in [-0.2, -0.15) is 5.10 Å². The van der Waals surface area contributed by atoms with Crippen molar-refractivity contribution in [2.75, 3.05) is 0 Å². The standard InChI is InChI=1S/C21H22BrN5O2/c1-15(28)26-20(18-6-8-19(22)9-7-18)10-21(29)24-11-16-2-4-17(5-3-16)12-27-14-23-13-25-27/h2-9,13-14,20H,10-12H2,1H3,(H,24,29)(H,26,28). The summed E-state index contributed by atoms with van der Waals surface area (Å²) in [6, 6.07) is 15.2. The molecule has 0 saturated carbocycles. The minimum absolute atomic E-state index is 0.127. The summed E-state index contributed by atoms with van der Waals surface area (Å²) in [5.74, 6) is -0.299. The van der Waals surface area contributed by atoms with E-state index in [9.17, 15) is 9.59 Å². The van der Waals surface area contributed by atoms with Crippen molar-refractivity contribution in [3.05, 3.63) is 82.3 Å². The second-order valence-corrected chi connectivity index (χ2v) is 7.61. The van der Waals surface area contributed by atoms with E-state index in [2.05, 4.69) is 36.6 Å². The van der Waals surface area contributed by atoms with Crippen LogP contribution in [0.5, 0.6) is 0 Å². The Labute approximate surface area is 177 Å². The van der Waals surface area contributed by atoms with Crippen LogP contribution in [0.25, 0.3) is 0 Å². The Morgan fingerprint density at radius 3 is 2.38 bits per heavy atom. The van der Waals surface area contributed by atoms with Crippen molar-refractivity contribution in [3.8, 4) is 0 Å². The van der Waals surface area contributed by atoms with Crippen molar-refractivity contribution in [3.63, 3.8) is 0 Å². The minimum Gasteiger partial charge on any atom is -0.352 e. The van der Waals surface area contributed by atoms with E-state index in [1.54, 1.807) is 11.0 Å². The first-order valence-corrected chi connectivity index (χ1v) is 9.98. The lowest BCUT2D eigenvalue weighted by Gasteiger charge is -2.18. The van der Waals surface area contributed by atoms with Crippen LogP contribution >= 0.6 is 15.9 Å². The van der Waals surface area contributed by atoms with Gasteiger partial charge >= 0.3 is 0 Å². The summed E-state index contributed by atoms with van der Waals surface area (Å²) in [5, 5.41) is 9.85. The van der Waals surface area contributed by atoms with Crippen LogP contribution in [-0.4, -0.2) is 26.6 Å². The van der Waals surface area contributed by atoms with Gasteiger partial charge in [-0.25, -0.2) is 9.67 Å². The maximum atomic E-state index is 12.4. The molecule has 7 nitrogen and oxygen atoms in total. The molecule has 150 valence electrons. The SMILES string of the molecule is CC(=O)NC(CC(=O)NCc1ccc(Cn2cncn2)cc1)c1ccc(Br)cc1. The molecule has 2 amide bonds. The first kappa shape index (κ1) is 20.7. The van der Waals surface area contributed by atoms with Crippen LogP contribution in [0.3, 0.4) is 0 Å². The molecule has 0 aliphatic heterocycles. The Balaban J connectivity index is 1.54. The number of halogens is 1. The predicted molar refractivity (Wildman–Crippen MR) is 113 cm³/mol. The highest BCUT2D eigenvalue weighted by Gasteiger charge is 2.17. The van der Waals surface area contributed by atoms with Crippen LogP contribution in [0, 0.1) is 0 Å². The van der Waals surface area contributed by atoms with E-state index in [1.165, 1.54) is 13.3 Å². The first-order valence-electron chi connectivity index (χ1n) is 9.19. The van der Waals surface area contributed by atoms with Crippen molar-refractivity contribution in [2.24, 2.45) is 0 Å². The number of carbonyl (C=O) groups excluding carboxylic acids is 2. The maximum Gasteiger partial charge on any atom is 0.222 e.